The van der Waals surface area contributed by atoms with Crippen LogP contribution in [0.2, 0.25) is 0 Å². The van der Waals surface area contributed by atoms with Crippen LogP contribution < -0.4 is 0 Å². The molecule has 142 valence electrons. The fourth-order valence-electron chi connectivity index (χ4n) is 5.27. The van der Waals surface area contributed by atoms with Gasteiger partial charge in [0, 0.05) is 24.0 Å². The zero-order valence-corrected chi connectivity index (χ0v) is 16.7. The Morgan fingerprint density at radius 2 is 2.04 bits per heavy atom. The number of thiazole rings is 1. The van der Waals surface area contributed by atoms with Gasteiger partial charge < -0.3 is 14.5 Å². The predicted molar refractivity (Wildman–Crippen MR) is 99.2 cm³/mol. The summed E-state index contributed by atoms with van der Waals surface area (Å²) in [6, 6.07) is 0.390. The van der Waals surface area contributed by atoms with Gasteiger partial charge in [0.1, 0.15) is 10.5 Å². The highest BCUT2D eigenvalue weighted by Gasteiger charge is 2.62. The third-order valence-corrected chi connectivity index (χ3v) is 6.93. The molecule has 3 aliphatic rings. The van der Waals surface area contributed by atoms with Gasteiger partial charge in [-0.25, -0.2) is 4.79 Å². The number of carbonyl (C=O) groups is 2. The maximum Gasteiger partial charge on any atom is 0.410 e. The lowest BCUT2D eigenvalue weighted by atomic mass is 9.66. The smallest absolute Gasteiger partial charge is 0.410 e. The van der Waals surface area contributed by atoms with E-state index in [1.807, 2.05) is 25.7 Å². The minimum Gasteiger partial charge on any atom is -0.444 e. The molecule has 1 aromatic heterocycles. The first-order valence-electron chi connectivity index (χ1n) is 9.41. The van der Waals surface area contributed by atoms with Crippen LogP contribution in [0.25, 0.3) is 0 Å². The number of carbonyl (C=O) groups excluding carboxylic acids is 2. The van der Waals surface area contributed by atoms with Crippen LogP contribution >= 0.6 is 11.3 Å². The van der Waals surface area contributed by atoms with Gasteiger partial charge in [0.2, 0.25) is 0 Å². The summed E-state index contributed by atoms with van der Waals surface area (Å²) in [7, 11) is 0. The number of ether oxygens (including phenoxy) is 1. The normalized spacial score (nSPS) is 33.3. The molecule has 0 unspecified atom stereocenters. The molecule has 3 heterocycles. The van der Waals surface area contributed by atoms with Gasteiger partial charge in [-0.2, -0.15) is 0 Å². The first kappa shape index (κ1) is 17.8. The molecule has 2 amide bonds. The van der Waals surface area contributed by atoms with Gasteiger partial charge in [-0.15, -0.1) is 11.3 Å². The largest absolute Gasteiger partial charge is 0.444 e. The number of amides is 2. The van der Waals surface area contributed by atoms with Crippen molar-refractivity contribution in [2.24, 2.45) is 5.41 Å². The van der Waals surface area contributed by atoms with Gasteiger partial charge in [-0.1, -0.05) is 6.92 Å². The molecule has 0 spiro atoms. The minimum atomic E-state index is -0.513. The number of piperidine rings is 1. The average molecular weight is 378 g/mol. The van der Waals surface area contributed by atoms with Crippen molar-refractivity contribution in [2.45, 2.75) is 77.1 Å². The maximum atomic E-state index is 13.2. The molecular weight excluding hydrogens is 350 g/mol. The zero-order valence-electron chi connectivity index (χ0n) is 15.9. The number of rotatable bonds is 1. The lowest BCUT2D eigenvalue weighted by molar-refractivity contribution is -0.0247. The van der Waals surface area contributed by atoms with Crippen molar-refractivity contribution in [3.8, 4) is 0 Å². The fraction of sp³-hybridized carbons (Fsp3) is 0.737. The van der Waals surface area contributed by atoms with E-state index in [1.165, 1.54) is 11.3 Å². The Balaban J connectivity index is 1.66. The van der Waals surface area contributed by atoms with Gasteiger partial charge in [-0.05, 0) is 46.5 Å². The highest BCUT2D eigenvalue weighted by Crippen LogP contribution is 2.54. The van der Waals surface area contributed by atoms with Gasteiger partial charge in [0.05, 0.1) is 17.7 Å². The van der Waals surface area contributed by atoms with Gasteiger partial charge >= 0.3 is 6.09 Å². The van der Waals surface area contributed by atoms with Crippen molar-refractivity contribution in [3.05, 3.63) is 16.6 Å². The van der Waals surface area contributed by atoms with Crippen LogP contribution in [0.3, 0.4) is 0 Å². The molecule has 3 fully saturated rings. The molecule has 1 aromatic rings. The standard InChI is InChI=1S/C19H27N3O3S/c1-18(2,3)25-17(24)21-10-12-8-19(4)14(21)6-5-7-15(19)22(12)16(23)13-9-20-11-26-13/h9,11-12,14-15H,5-8,10H2,1-4H3/t12-,14+,15-,19+/m0/s1. The minimum absolute atomic E-state index is 0.0569. The van der Waals surface area contributed by atoms with E-state index in [2.05, 4.69) is 16.8 Å². The molecular formula is C19H27N3O3S. The SMILES string of the molecule is CC(C)(C)OC(=O)N1C[C@@H]2C[C@@]3(C)[C@H](CCC[C@@H]13)N2C(=O)c1cncs1. The van der Waals surface area contributed by atoms with E-state index in [0.717, 1.165) is 25.7 Å². The van der Waals surface area contributed by atoms with E-state index < -0.39 is 5.60 Å². The summed E-state index contributed by atoms with van der Waals surface area (Å²) in [4.78, 5) is 34.8. The van der Waals surface area contributed by atoms with Crippen molar-refractivity contribution in [3.63, 3.8) is 0 Å². The molecule has 1 saturated carbocycles. The summed E-state index contributed by atoms with van der Waals surface area (Å²) in [5, 5.41) is 0. The summed E-state index contributed by atoms with van der Waals surface area (Å²) in [5.74, 6) is 0.0675. The number of likely N-dealkylation sites (tertiary alicyclic amines) is 2. The summed E-state index contributed by atoms with van der Waals surface area (Å²) < 4.78 is 5.68. The Labute approximate surface area is 158 Å². The van der Waals surface area contributed by atoms with Crippen LogP contribution in [0.5, 0.6) is 0 Å². The highest BCUT2D eigenvalue weighted by atomic mass is 32.1. The molecule has 4 rings (SSSR count). The van der Waals surface area contributed by atoms with Gasteiger partial charge in [0.15, 0.2) is 0 Å². The Hall–Kier alpha value is -1.63. The summed E-state index contributed by atoms with van der Waals surface area (Å²) >= 11 is 1.39. The molecule has 0 N–H and O–H groups in total. The van der Waals surface area contributed by atoms with Gasteiger partial charge in [0.25, 0.3) is 5.91 Å². The molecule has 4 atom stereocenters. The zero-order chi connectivity index (χ0) is 18.7. The van der Waals surface area contributed by atoms with E-state index in [4.69, 9.17) is 4.74 Å². The monoisotopic (exact) mass is 377 g/mol. The predicted octanol–water partition coefficient (Wildman–Crippen LogP) is 3.54. The van der Waals surface area contributed by atoms with E-state index in [0.29, 0.717) is 11.4 Å². The van der Waals surface area contributed by atoms with E-state index >= 15 is 0 Å². The number of hydrogen-bond donors (Lipinski definition) is 0. The summed E-state index contributed by atoms with van der Waals surface area (Å²) in [6.07, 6.45) is 5.41. The van der Waals surface area contributed by atoms with Gasteiger partial charge in [-0.3, -0.25) is 9.78 Å². The Morgan fingerprint density at radius 3 is 2.69 bits per heavy atom. The van der Waals surface area contributed by atoms with Crippen LogP contribution in [0.15, 0.2) is 11.7 Å². The Morgan fingerprint density at radius 1 is 1.31 bits per heavy atom. The van der Waals surface area contributed by atoms with E-state index in [1.54, 1.807) is 11.7 Å². The molecule has 6 nitrogen and oxygen atoms in total. The molecule has 0 radical (unpaired) electrons. The molecule has 26 heavy (non-hydrogen) atoms. The van der Waals surface area contributed by atoms with Crippen molar-refractivity contribution in [1.82, 2.24) is 14.8 Å². The van der Waals surface area contributed by atoms with Crippen LogP contribution in [0.1, 0.15) is 63.0 Å². The average Bonchev–Trinajstić information content (AvgIpc) is 3.16. The lowest BCUT2D eigenvalue weighted by Gasteiger charge is -2.49. The molecule has 2 bridgehead atoms. The third-order valence-electron chi connectivity index (χ3n) is 6.17. The molecule has 1 aliphatic carbocycles. The number of nitrogens with zero attached hydrogens (tertiary/aromatic N) is 3. The molecule has 0 aromatic carbocycles. The van der Waals surface area contributed by atoms with Crippen molar-refractivity contribution < 1.29 is 14.3 Å². The quantitative estimate of drug-likeness (QED) is 0.751. The van der Waals surface area contributed by atoms with Crippen molar-refractivity contribution in [1.29, 1.82) is 0 Å². The molecule has 2 aliphatic heterocycles. The Kier molecular flexibility index (Phi) is 4.06. The van der Waals surface area contributed by atoms with Crippen LogP contribution in [-0.4, -0.2) is 57.1 Å². The highest BCUT2D eigenvalue weighted by molar-refractivity contribution is 7.11. The Bertz CT molecular complexity index is 714. The van der Waals surface area contributed by atoms with Crippen LogP contribution in [-0.2, 0) is 4.74 Å². The fourth-order valence-corrected chi connectivity index (χ4v) is 5.84. The first-order chi connectivity index (χ1) is 12.2. The number of aromatic nitrogens is 1. The molecule has 2 saturated heterocycles. The van der Waals surface area contributed by atoms with E-state index in [-0.39, 0.29) is 35.5 Å². The maximum absolute atomic E-state index is 13.2. The number of hydrogen-bond acceptors (Lipinski definition) is 5. The third kappa shape index (κ3) is 2.71. The van der Waals surface area contributed by atoms with Crippen molar-refractivity contribution in [2.75, 3.05) is 6.54 Å². The van der Waals surface area contributed by atoms with Crippen LogP contribution in [0, 0.1) is 5.41 Å². The number of fused-ring (bicyclic) bond motifs is 1. The van der Waals surface area contributed by atoms with Crippen LogP contribution in [0.4, 0.5) is 4.79 Å². The van der Waals surface area contributed by atoms with E-state index in [9.17, 15) is 9.59 Å². The second-order valence-electron chi connectivity index (χ2n) is 9.04. The summed E-state index contributed by atoms with van der Waals surface area (Å²) in [5.41, 5.74) is 1.13. The lowest BCUT2D eigenvalue weighted by Crippen LogP contribution is -2.58. The topological polar surface area (TPSA) is 62.7 Å². The van der Waals surface area contributed by atoms with Crippen molar-refractivity contribution >= 4 is 23.3 Å². The first-order valence-corrected chi connectivity index (χ1v) is 10.3. The summed E-state index contributed by atoms with van der Waals surface area (Å²) in [6.45, 7) is 8.51. The second kappa shape index (κ2) is 5.94. The second-order valence-corrected chi connectivity index (χ2v) is 9.92. The molecule has 7 heteroatoms.